The standard InChI is InChI=1S/C13H10O4/c14-10-7-6-9(12(16)13(10)17)11(15)8-4-2-1-3-5-8/h1-7,14,16-17H/i/hD3. The zero-order chi connectivity index (χ0) is 14.5. The van der Waals surface area contributed by atoms with Gasteiger partial charge in [-0.15, -0.1) is 0 Å². The van der Waals surface area contributed by atoms with Crippen molar-refractivity contribution in [3.8, 4) is 17.2 Å². The molecule has 2 rings (SSSR count). The molecule has 0 aliphatic carbocycles. The number of hydrogen-bond acceptors (Lipinski definition) is 4. The number of phenols is 3. The molecule has 0 spiro atoms. The fourth-order valence-corrected chi connectivity index (χ4v) is 1.47. The second-order valence-electron chi connectivity index (χ2n) is 3.46. The van der Waals surface area contributed by atoms with Crippen molar-refractivity contribution in [1.82, 2.24) is 0 Å². The second kappa shape index (κ2) is 4.17. The van der Waals surface area contributed by atoms with E-state index in [2.05, 4.69) is 15.3 Å². The first-order valence-corrected chi connectivity index (χ1v) is 4.89. The van der Waals surface area contributed by atoms with Crippen LogP contribution in [0, 0.1) is 0 Å². The van der Waals surface area contributed by atoms with Gasteiger partial charge < -0.3 is 15.3 Å². The number of rotatable bonds is 5. The summed E-state index contributed by atoms with van der Waals surface area (Å²) in [6, 6.07) is 11.1. The molecule has 2 aromatic carbocycles. The number of hydrogen-bond donors (Lipinski definition) is 3. The van der Waals surface area contributed by atoms with E-state index < -0.39 is 0 Å². The van der Waals surface area contributed by atoms with Gasteiger partial charge in [-0.25, -0.2) is 0 Å². The van der Waals surface area contributed by atoms with Crippen molar-refractivity contribution in [3.05, 3.63) is 53.6 Å². The summed E-state index contributed by atoms with van der Waals surface area (Å²) in [5, 5.41) is 12.9. The molecule has 4 heteroatoms. The first kappa shape index (κ1) is 7.73. The highest BCUT2D eigenvalue weighted by atomic mass is 16.3. The normalized spacial score (nSPS) is 11.9. The molecular weight excluding hydrogens is 220 g/mol. The van der Waals surface area contributed by atoms with E-state index in [0.29, 0.717) is 5.56 Å². The Balaban J connectivity index is 2.55. The van der Waals surface area contributed by atoms with Crippen molar-refractivity contribution >= 4 is 5.78 Å². The summed E-state index contributed by atoms with van der Waals surface area (Å²) in [5.74, 6) is -1.06. The number of ketones is 1. The Bertz CT molecular complexity index is 617. The fraction of sp³-hybridized carbons (Fsp3) is 0. The van der Waals surface area contributed by atoms with Crippen molar-refractivity contribution in [2.75, 3.05) is 0 Å². The summed E-state index contributed by atoms with van der Waals surface area (Å²) in [6.45, 7) is 0. The van der Waals surface area contributed by atoms with Crippen LogP contribution < -0.4 is 0 Å². The molecule has 0 radical (unpaired) electrons. The Morgan fingerprint density at radius 1 is 0.941 bits per heavy atom. The van der Waals surface area contributed by atoms with Crippen molar-refractivity contribution in [1.29, 1.82) is 4.29 Å². The average molecular weight is 233 g/mol. The lowest BCUT2D eigenvalue weighted by Crippen LogP contribution is -2.01. The topological polar surface area (TPSA) is 77.8 Å². The molecule has 86 valence electrons. The van der Waals surface area contributed by atoms with Gasteiger partial charge in [-0.3, -0.25) is 4.79 Å². The van der Waals surface area contributed by atoms with E-state index >= 15 is 0 Å². The van der Waals surface area contributed by atoms with Gasteiger partial charge in [-0.05, 0) is 12.1 Å². The molecule has 0 aromatic heterocycles. The Labute approximate surface area is 102 Å². The largest absolute Gasteiger partial charge is 0.504 e. The van der Waals surface area contributed by atoms with Gasteiger partial charge in [0.05, 0.1) is 5.56 Å². The maximum Gasteiger partial charge on any atom is 0.293 e. The van der Waals surface area contributed by atoms with Crippen molar-refractivity contribution in [2.45, 2.75) is 0 Å². The molecule has 17 heavy (non-hydrogen) atoms. The van der Waals surface area contributed by atoms with Crippen LogP contribution in [0.1, 0.15) is 15.9 Å². The molecule has 4 nitrogen and oxygen atoms in total. The maximum absolute atomic E-state index is 12.3. The Morgan fingerprint density at radius 3 is 2.35 bits per heavy atom. The Kier molecular flexibility index (Phi) is 1.90. The molecule has 0 atom stereocenters. The Hall–Kier alpha value is -2.49. The third-order valence-electron chi connectivity index (χ3n) is 2.36. The first-order valence-electron chi connectivity index (χ1n) is 6.11. The van der Waals surface area contributed by atoms with Crippen LogP contribution in [0.5, 0.6) is 17.2 Å². The molecule has 0 heterocycles. The van der Waals surface area contributed by atoms with Crippen molar-refractivity contribution in [3.63, 3.8) is 0 Å². The van der Waals surface area contributed by atoms with E-state index in [4.69, 9.17) is 4.29 Å². The third-order valence-corrected chi connectivity index (χ3v) is 2.36. The first-order chi connectivity index (χ1) is 9.72. The number of aromatic hydroxyl groups is 3. The lowest BCUT2D eigenvalue weighted by atomic mass is 10.0. The molecule has 0 bridgehead atoms. The summed E-state index contributed by atoms with van der Waals surface area (Å²) in [5.41, 5.74) is 0.454. The lowest BCUT2D eigenvalue weighted by molar-refractivity contribution is 0.103. The SMILES string of the molecule is [2H]Oc1ccc(C(=O)c2ccccc2)c(O[2H])c1O[2H]. The van der Waals surface area contributed by atoms with Crippen LogP contribution in [-0.4, -0.2) is 25.4 Å². The number of carbonyl (C=O) groups excluding carboxylic acids is 1. The molecule has 0 saturated heterocycles. The summed E-state index contributed by atoms with van der Waals surface area (Å²) in [4.78, 5) is 12.3. The maximum atomic E-state index is 12.3. The zero-order valence-corrected chi connectivity index (χ0v) is 8.67. The van der Waals surface area contributed by atoms with Gasteiger partial charge >= 0.3 is 0 Å². The highest BCUT2D eigenvalue weighted by Crippen LogP contribution is 2.37. The van der Waals surface area contributed by atoms with E-state index in [0.717, 1.165) is 0 Å². The van der Waals surface area contributed by atoms with Crippen molar-refractivity contribution < 1.29 is 20.1 Å². The van der Waals surface area contributed by atoms with Gasteiger partial charge in [0.2, 0.25) is 5.75 Å². The van der Waals surface area contributed by atoms with Crippen LogP contribution >= 0.6 is 0 Å². The molecular formula is C13H10O4. The lowest BCUT2D eigenvalue weighted by Gasteiger charge is -2.06. The van der Waals surface area contributed by atoms with E-state index in [-0.39, 0.29) is 28.6 Å². The van der Waals surface area contributed by atoms with Crippen molar-refractivity contribution in [2.24, 2.45) is 0 Å². The number of phenolic OH excluding ortho intramolecular Hbond substituents is 3. The monoisotopic (exact) mass is 233 g/mol. The highest BCUT2D eigenvalue weighted by molar-refractivity contribution is 6.11. The van der Waals surface area contributed by atoms with E-state index in [1.165, 1.54) is 12.1 Å². The van der Waals surface area contributed by atoms with Gasteiger partial charge in [-0.2, -0.15) is 0 Å². The molecule has 0 unspecified atom stereocenters. The van der Waals surface area contributed by atoms with Crippen LogP contribution in [0.4, 0.5) is 0 Å². The smallest absolute Gasteiger partial charge is 0.293 e. The third kappa shape index (κ3) is 1.92. The predicted octanol–water partition coefficient (Wildman–Crippen LogP) is 2.03. The summed E-state index contributed by atoms with van der Waals surface area (Å²) in [7, 11) is 0. The summed E-state index contributed by atoms with van der Waals surface area (Å²) < 4.78 is 20.8. The Morgan fingerprint density at radius 2 is 1.71 bits per heavy atom. The van der Waals surface area contributed by atoms with Gasteiger partial charge in [0.25, 0.3) is 4.29 Å². The predicted molar refractivity (Wildman–Crippen MR) is 61.3 cm³/mol. The van der Waals surface area contributed by atoms with Crippen LogP contribution in [0.2, 0.25) is 0 Å². The molecule has 3 N–H and O–H groups in total. The highest BCUT2D eigenvalue weighted by Gasteiger charge is 2.18. The van der Waals surface area contributed by atoms with Gasteiger partial charge in [0.1, 0.15) is 0 Å². The number of carbonyl (C=O) groups is 1. The van der Waals surface area contributed by atoms with Crippen LogP contribution in [0.15, 0.2) is 42.5 Å². The van der Waals surface area contributed by atoms with Crippen LogP contribution in [0.3, 0.4) is 0 Å². The molecule has 0 fully saturated rings. The van der Waals surface area contributed by atoms with E-state index in [1.54, 1.807) is 30.3 Å². The van der Waals surface area contributed by atoms with Crippen LogP contribution in [0.25, 0.3) is 0 Å². The van der Waals surface area contributed by atoms with E-state index in [1.807, 2.05) is 0 Å². The van der Waals surface area contributed by atoms with Gasteiger partial charge in [0, 0.05) is 5.56 Å². The minimum Gasteiger partial charge on any atom is -0.504 e. The zero-order valence-electron chi connectivity index (χ0n) is 11.7. The molecule has 0 aliphatic rings. The van der Waals surface area contributed by atoms with Gasteiger partial charge in [-0.1, -0.05) is 30.3 Å². The van der Waals surface area contributed by atoms with E-state index in [9.17, 15) is 4.79 Å². The minimum absolute atomic E-state index is 0.0502. The molecule has 0 aliphatic heterocycles. The van der Waals surface area contributed by atoms with Crippen LogP contribution in [-0.2, 0) is 0 Å². The molecule has 2 aromatic rings. The minimum atomic E-state index is -0.386. The molecule has 0 amide bonds. The summed E-state index contributed by atoms with van der Waals surface area (Å²) in [6.07, 6.45) is 0. The average Bonchev–Trinajstić information content (AvgIpc) is 2.53. The molecule has 0 saturated carbocycles. The van der Waals surface area contributed by atoms with Gasteiger partial charge in [0.15, 0.2) is 17.3 Å². The fourth-order valence-electron chi connectivity index (χ4n) is 1.47. The quantitative estimate of drug-likeness (QED) is 0.545. The second-order valence-corrected chi connectivity index (χ2v) is 3.46. The number of benzene rings is 2. The summed E-state index contributed by atoms with van der Waals surface area (Å²) >= 11 is 0.